The molecule has 3 heterocycles. The highest BCUT2D eigenvalue weighted by Gasteiger charge is 2.37. The Morgan fingerprint density at radius 2 is 1.87 bits per heavy atom. The van der Waals surface area contributed by atoms with Gasteiger partial charge in [0.15, 0.2) is 0 Å². The summed E-state index contributed by atoms with van der Waals surface area (Å²) in [6, 6.07) is 9.50. The van der Waals surface area contributed by atoms with Crippen LogP contribution in [0.1, 0.15) is 40.5 Å². The first-order valence-corrected chi connectivity index (χ1v) is 13.3. The summed E-state index contributed by atoms with van der Waals surface area (Å²) in [6.45, 7) is 9.18. The van der Waals surface area contributed by atoms with Gasteiger partial charge in [0.1, 0.15) is 5.82 Å². The van der Waals surface area contributed by atoms with Gasteiger partial charge in [0, 0.05) is 67.7 Å². The van der Waals surface area contributed by atoms with Crippen LogP contribution in [0.3, 0.4) is 0 Å². The second kappa shape index (κ2) is 9.47. The number of morpholine rings is 1. The van der Waals surface area contributed by atoms with Crippen molar-refractivity contribution in [2.24, 2.45) is 0 Å². The molecule has 0 amide bonds. The van der Waals surface area contributed by atoms with Crippen LogP contribution in [0.25, 0.3) is 33.3 Å². The molecule has 2 aromatic heterocycles. The first-order chi connectivity index (χ1) is 18.3. The number of ether oxygens (including phenoxy) is 1. The largest absolute Gasteiger partial charge is 0.478 e. The molecule has 7 nitrogen and oxygen atoms in total. The Bertz CT molecular complexity index is 1550. The molecule has 0 bridgehead atoms. The highest BCUT2D eigenvalue weighted by atomic mass is 19.3. The fraction of sp³-hybridized carbons (Fsp3) is 0.448. The topological polar surface area (TPSA) is 72.5 Å². The Kier molecular flexibility index (Phi) is 6.23. The van der Waals surface area contributed by atoms with Gasteiger partial charge in [0.25, 0.3) is 5.92 Å². The maximum Gasteiger partial charge on any atom is 0.336 e. The molecule has 1 fully saturated rings. The lowest BCUT2D eigenvalue weighted by atomic mass is 9.92. The fourth-order valence-electron chi connectivity index (χ4n) is 6.18. The van der Waals surface area contributed by atoms with Gasteiger partial charge < -0.3 is 19.0 Å². The van der Waals surface area contributed by atoms with Crippen molar-refractivity contribution in [1.82, 2.24) is 19.0 Å². The third kappa shape index (κ3) is 4.18. The highest BCUT2D eigenvalue weighted by molar-refractivity contribution is 5.97. The third-order valence-corrected chi connectivity index (χ3v) is 8.17. The van der Waals surface area contributed by atoms with E-state index in [2.05, 4.69) is 14.0 Å². The third-order valence-electron chi connectivity index (χ3n) is 8.17. The lowest BCUT2D eigenvalue weighted by molar-refractivity contribution is -0.0125. The summed E-state index contributed by atoms with van der Waals surface area (Å²) in [6.07, 6.45) is 0.00488. The number of fused-ring (bicyclic) bond motifs is 4. The van der Waals surface area contributed by atoms with Crippen LogP contribution in [0.5, 0.6) is 0 Å². The number of alkyl halides is 2. The van der Waals surface area contributed by atoms with Crippen molar-refractivity contribution < 1.29 is 23.4 Å². The molecule has 0 radical (unpaired) electrons. The SMILES string of the molecule is CCn1c2c(c3cc(-c4nc5c(C)c(C(=O)O)ccc5n4CCN4CCOCC4)ccc31)CC(F)(F)CC2. The van der Waals surface area contributed by atoms with Crippen molar-refractivity contribution in [3.05, 3.63) is 52.7 Å². The number of rotatable bonds is 6. The number of hydrogen-bond donors (Lipinski definition) is 1. The van der Waals surface area contributed by atoms with E-state index in [9.17, 15) is 18.7 Å². The Hall–Kier alpha value is -3.30. The van der Waals surface area contributed by atoms with E-state index >= 15 is 0 Å². The van der Waals surface area contributed by atoms with Crippen molar-refractivity contribution >= 4 is 27.9 Å². The van der Waals surface area contributed by atoms with Crippen LogP contribution in [-0.4, -0.2) is 68.9 Å². The van der Waals surface area contributed by atoms with E-state index in [-0.39, 0.29) is 18.4 Å². The number of nitrogens with zero attached hydrogens (tertiary/aromatic N) is 4. The monoisotopic (exact) mass is 522 g/mol. The molecular weight excluding hydrogens is 490 g/mol. The van der Waals surface area contributed by atoms with Crippen molar-refractivity contribution in [2.75, 3.05) is 32.8 Å². The average molecular weight is 523 g/mol. The zero-order valence-corrected chi connectivity index (χ0v) is 21.8. The number of carbonyl (C=O) groups is 1. The number of aryl methyl sites for hydroxylation is 2. The second-order valence-electron chi connectivity index (χ2n) is 10.4. The maximum absolute atomic E-state index is 14.5. The number of aromatic carboxylic acids is 1. The van der Waals surface area contributed by atoms with E-state index in [1.807, 2.05) is 31.2 Å². The molecule has 38 heavy (non-hydrogen) atoms. The molecule has 1 saturated heterocycles. The number of imidazole rings is 1. The van der Waals surface area contributed by atoms with Gasteiger partial charge >= 0.3 is 5.97 Å². The molecule has 4 aromatic rings. The van der Waals surface area contributed by atoms with E-state index in [1.165, 1.54) is 0 Å². The predicted molar refractivity (Wildman–Crippen MR) is 142 cm³/mol. The number of halogens is 2. The molecule has 6 rings (SSSR count). The first kappa shape index (κ1) is 25.0. The molecule has 0 atom stereocenters. The van der Waals surface area contributed by atoms with Crippen LogP contribution in [0, 0.1) is 6.92 Å². The lowest BCUT2D eigenvalue weighted by Gasteiger charge is -2.27. The van der Waals surface area contributed by atoms with Gasteiger partial charge in [0.05, 0.1) is 29.8 Å². The normalized spacial score (nSPS) is 17.8. The van der Waals surface area contributed by atoms with Gasteiger partial charge in [-0.1, -0.05) is 0 Å². The second-order valence-corrected chi connectivity index (χ2v) is 10.4. The molecule has 1 aliphatic carbocycles. The molecule has 0 spiro atoms. The first-order valence-electron chi connectivity index (χ1n) is 13.3. The minimum absolute atomic E-state index is 0.119. The predicted octanol–water partition coefficient (Wildman–Crippen LogP) is 5.14. The zero-order valence-electron chi connectivity index (χ0n) is 21.8. The fourth-order valence-corrected chi connectivity index (χ4v) is 6.18. The van der Waals surface area contributed by atoms with Gasteiger partial charge in [-0.05, 0) is 61.7 Å². The van der Waals surface area contributed by atoms with E-state index in [0.29, 0.717) is 37.3 Å². The molecule has 9 heteroatoms. The Morgan fingerprint density at radius 3 is 2.61 bits per heavy atom. The number of carboxylic acids is 1. The molecule has 2 aromatic carbocycles. The summed E-state index contributed by atoms with van der Waals surface area (Å²) in [5.74, 6) is -2.96. The lowest BCUT2D eigenvalue weighted by Crippen LogP contribution is -2.38. The molecule has 1 aliphatic heterocycles. The molecular formula is C29H32F2N4O3. The molecule has 200 valence electrons. The van der Waals surface area contributed by atoms with E-state index < -0.39 is 11.9 Å². The highest BCUT2D eigenvalue weighted by Crippen LogP contribution is 2.40. The van der Waals surface area contributed by atoms with Crippen molar-refractivity contribution in [3.63, 3.8) is 0 Å². The summed E-state index contributed by atoms with van der Waals surface area (Å²) in [4.78, 5) is 19.1. The van der Waals surface area contributed by atoms with E-state index in [0.717, 1.165) is 65.2 Å². The van der Waals surface area contributed by atoms with Crippen LogP contribution < -0.4 is 0 Å². The molecule has 2 aliphatic rings. The van der Waals surface area contributed by atoms with Gasteiger partial charge in [-0.2, -0.15) is 0 Å². The Morgan fingerprint density at radius 1 is 1.11 bits per heavy atom. The van der Waals surface area contributed by atoms with Crippen LogP contribution in [0.4, 0.5) is 8.78 Å². The number of aromatic nitrogens is 3. The number of carboxylic acid groups (broad SMARTS) is 1. The maximum atomic E-state index is 14.5. The van der Waals surface area contributed by atoms with Crippen molar-refractivity contribution in [2.45, 2.75) is 52.1 Å². The smallest absolute Gasteiger partial charge is 0.336 e. The van der Waals surface area contributed by atoms with Crippen molar-refractivity contribution in [1.29, 1.82) is 0 Å². The molecule has 1 N–H and O–H groups in total. The van der Waals surface area contributed by atoms with Crippen molar-refractivity contribution in [3.8, 4) is 11.4 Å². The Labute approximate surface area is 219 Å². The van der Waals surface area contributed by atoms with Gasteiger partial charge in [-0.25, -0.2) is 18.6 Å². The van der Waals surface area contributed by atoms with Gasteiger partial charge in [-0.3, -0.25) is 4.90 Å². The minimum Gasteiger partial charge on any atom is -0.478 e. The summed E-state index contributed by atoms with van der Waals surface area (Å²) in [7, 11) is 0. The minimum atomic E-state index is -2.70. The summed E-state index contributed by atoms with van der Waals surface area (Å²) in [5, 5.41) is 10.5. The number of benzene rings is 2. The van der Waals surface area contributed by atoms with Gasteiger partial charge in [0.2, 0.25) is 0 Å². The summed E-state index contributed by atoms with van der Waals surface area (Å²) in [5.41, 5.74) is 5.94. The van der Waals surface area contributed by atoms with Crippen LogP contribution >= 0.6 is 0 Å². The average Bonchev–Trinajstić information content (AvgIpc) is 3.42. The number of hydrogen-bond acceptors (Lipinski definition) is 4. The summed E-state index contributed by atoms with van der Waals surface area (Å²) < 4.78 is 38.8. The van der Waals surface area contributed by atoms with E-state index in [4.69, 9.17) is 9.72 Å². The zero-order chi connectivity index (χ0) is 26.6. The standard InChI is InChI=1S/C29H32F2N4O3/c1-3-34-23-6-4-19(16-21(23)22-17-29(30,31)9-8-24(22)34)27-32-26-18(2)20(28(36)37)5-7-25(26)35(27)11-10-33-12-14-38-15-13-33/h4-7,16H,3,8-15,17H2,1-2H3,(H,36,37). The van der Waals surface area contributed by atoms with E-state index in [1.54, 1.807) is 13.0 Å². The van der Waals surface area contributed by atoms with Crippen LogP contribution in [0.15, 0.2) is 30.3 Å². The van der Waals surface area contributed by atoms with Gasteiger partial charge in [-0.15, -0.1) is 0 Å². The molecule has 0 unspecified atom stereocenters. The Balaban J connectivity index is 1.50. The van der Waals surface area contributed by atoms with Crippen LogP contribution in [-0.2, 0) is 30.7 Å². The summed E-state index contributed by atoms with van der Waals surface area (Å²) >= 11 is 0. The molecule has 0 saturated carbocycles. The van der Waals surface area contributed by atoms with Crippen LogP contribution in [0.2, 0.25) is 0 Å². The quantitative estimate of drug-likeness (QED) is 0.380.